The minimum Gasteiger partial charge on any atom is -0.397 e. The number of H-pyrrole nitrogens is 1. The zero-order valence-corrected chi connectivity index (χ0v) is 14.1. The van der Waals surface area contributed by atoms with Crippen LogP contribution in [0.4, 0.5) is 5.69 Å². The maximum atomic E-state index is 12.5. The number of nitrogens with one attached hydrogen (secondary N) is 2. The van der Waals surface area contributed by atoms with Crippen molar-refractivity contribution >= 4 is 22.5 Å². The highest BCUT2D eigenvalue weighted by molar-refractivity contribution is 6.08. The summed E-state index contributed by atoms with van der Waals surface area (Å²) < 4.78 is 0. The fraction of sp³-hybridized carbons (Fsp3) is 0.222. The number of nitrogen functional groups attached to an aromatic ring is 1. The number of hydrogen-bond donors (Lipinski definition) is 3. The van der Waals surface area contributed by atoms with Crippen molar-refractivity contribution in [1.29, 1.82) is 0 Å². The quantitative estimate of drug-likeness (QED) is 0.674. The molecule has 0 saturated heterocycles. The second-order valence-corrected chi connectivity index (χ2v) is 5.72. The van der Waals surface area contributed by atoms with Gasteiger partial charge in [0, 0.05) is 23.7 Å². The summed E-state index contributed by atoms with van der Waals surface area (Å²) in [5, 5.41) is 3.30. The predicted octanol–water partition coefficient (Wildman–Crippen LogP) is 2.02. The molecule has 0 bridgehead atoms. The summed E-state index contributed by atoms with van der Waals surface area (Å²) in [4.78, 5) is 36.0. The molecule has 2 heterocycles. The van der Waals surface area contributed by atoms with Crippen LogP contribution in [0.5, 0.6) is 0 Å². The van der Waals surface area contributed by atoms with Gasteiger partial charge in [-0.25, -0.2) is 9.97 Å². The van der Waals surface area contributed by atoms with E-state index in [0.717, 1.165) is 12.0 Å². The van der Waals surface area contributed by atoms with Crippen molar-refractivity contribution in [2.75, 3.05) is 12.3 Å². The minimum atomic E-state index is -0.517. The van der Waals surface area contributed by atoms with Crippen LogP contribution >= 0.6 is 0 Å². The Morgan fingerprint density at radius 2 is 2.12 bits per heavy atom. The molecule has 0 saturated carbocycles. The summed E-state index contributed by atoms with van der Waals surface area (Å²) in [6.45, 7) is 4.21. The Hall–Kier alpha value is -3.22. The molecule has 1 amide bonds. The smallest absolute Gasteiger partial charge is 0.263 e. The Morgan fingerprint density at radius 3 is 2.84 bits per heavy atom. The number of hydrogen-bond acceptors (Lipinski definition) is 5. The molecule has 128 valence electrons. The van der Waals surface area contributed by atoms with E-state index >= 15 is 0 Å². The molecule has 7 nitrogen and oxygen atoms in total. The average Bonchev–Trinajstić information content (AvgIpc) is 2.59. The number of rotatable bonds is 4. The van der Waals surface area contributed by atoms with Gasteiger partial charge in [-0.3, -0.25) is 9.59 Å². The van der Waals surface area contributed by atoms with Gasteiger partial charge in [0.2, 0.25) is 0 Å². The molecule has 0 aliphatic rings. The molecule has 0 spiro atoms. The average molecular weight is 337 g/mol. The number of aromatic nitrogens is 3. The lowest BCUT2D eigenvalue weighted by atomic mass is 10.0. The fourth-order valence-electron chi connectivity index (χ4n) is 2.72. The van der Waals surface area contributed by atoms with Gasteiger partial charge < -0.3 is 16.0 Å². The number of para-hydroxylation sites is 1. The third-order valence-corrected chi connectivity index (χ3v) is 3.90. The molecular formula is C18H19N5O2. The maximum absolute atomic E-state index is 12.5. The zero-order chi connectivity index (χ0) is 18.0. The van der Waals surface area contributed by atoms with Crippen LogP contribution in [-0.4, -0.2) is 27.4 Å². The number of fused-ring (bicyclic) bond motifs is 1. The summed E-state index contributed by atoms with van der Waals surface area (Å²) >= 11 is 0. The highest BCUT2D eigenvalue weighted by Gasteiger charge is 2.19. The van der Waals surface area contributed by atoms with Crippen molar-refractivity contribution in [3.8, 4) is 11.3 Å². The first-order valence-electron chi connectivity index (χ1n) is 8.05. The molecule has 4 N–H and O–H groups in total. The summed E-state index contributed by atoms with van der Waals surface area (Å²) in [5.74, 6) is 0.158. The van der Waals surface area contributed by atoms with E-state index in [1.54, 1.807) is 25.3 Å². The van der Waals surface area contributed by atoms with Crippen molar-refractivity contribution < 1.29 is 4.79 Å². The highest BCUT2D eigenvalue weighted by atomic mass is 16.2. The SMILES string of the molecule is CCCNC(=O)c1c(N)c2cccc(-c3ccnc(C)n3)c2[nH]c1=O. The first-order chi connectivity index (χ1) is 12.0. The van der Waals surface area contributed by atoms with Crippen LogP contribution in [0.1, 0.15) is 29.5 Å². The van der Waals surface area contributed by atoms with Gasteiger partial charge in [0.05, 0.1) is 16.9 Å². The predicted molar refractivity (Wildman–Crippen MR) is 97.4 cm³/mol. The summed E-state index contributed by atoms with van der Waals surface area (Å²) in [7, 11) is 0. The third kappa shape index (κ3) is 3.08. The summed E-state index contributed by atoms with van der Waals surface area (Å²) in [6, 6.07) is 7.20. The normalized spacial score (nSPS) is 10.8. The summed E-state index contributed by atoms with van der Waals surface area (Å²) in [5.41, 5.74) is 7.70. The maximum Gasteiger partial charge on any atom is 0.263 e. The Kier molecular flexibility index (Phi) is 4.47. The van der Waals surface area contributed by atoms with Gasteiger partial charge in [-0.15, -0.1) is 0 Å². The van der Waals surface area contributed by atoms with Gasteiger partial charge in [0.1, 0.15) is 11.4 Å². The monoisotopic (exact) mass is 337 g/mol. The van der Waals surface area contributed by atoms with Crippen molar-refractivity contribution in [2.45, 2.75) is 20.3 Å². The molecule has 0 unspecified atom stereocenters. The minimum absolute atomic E-state index is 0.0584. The number of amides is 1. The van der Waals surface area contributed by atoms with E-state index in [4.69, 9.17) is 5.73 Å². The second-order valence-electron chi connectivity index (χ2n) is 5.72. The lowest BCUT2D eigenvalue weighted by Gasteiger charge is -2.11. The van der Waals surface area contributed by atoms with Crippen LogP contribution in [0.25, 0.3) is 22.2 Å². The third-order valence-electron chi connectivity index (χ3n) is 3.90. The number of anilines is 1. The number of benzene rings is 1. The van der Waals surface area contributed by atoms with Crippen LogP contribution < -0.4 is 16.6 Å². The van der Waals surface area contributed by atoms with Crippen molar-refractivity contribution in [1.82, 2.24) is 20.3 Å². The zero-order valence-electron chi connectivity index (χ0n) is 14.1. The second kappa shape index (κ2) is 6.72. The summed E-state index contributed by atoms with van der Waals surface area (Å²) in [6.07, 6.45) is 2.43. The van der Waals surface area contributed by atoms with E-state index in [1.165, 1.54) is 0 Å². The number of pyridine rings is 1. The molecule has 0 atom stereocenters. The van der Waals surface area contributed by atoms with Gasteiger partial charge in [-0.2, -0.15) is 0 Å². The largest absolute Gasteiger partial charge is 0.397 e. The first kappa shape index (κ1) is 16.6. The van der Waals surface area contributed by atoms with Gasteiger partial charge in [-0.1, -0.05) is 25.1 Å². The molecule has 0 aliphatic carbocycles. The first-order valence-corrected chi connectivity index (χ1v) is 8.05. The Balaban J connectivity index is 2.22. The molecule has 3 rings (SSSR count). The molecule has 25 heavy (non-hydrogen) atoms. The van der Waals surface area contributed by atoms with Crippen molar-refractivity contribution in [3.05, 3.63) is 52.2 Å². The van der Waals surface area contributed by atoms with E-state index in [-0.39, 0.29) is 11.3 Å². The van der Waals surface area contributed by atoms with E-state index in [9.17, 15) is 9.59 Å². The molecule has 2 aromatic heterocycles. The van der Waals surface area contributed by atoms with Crippen LogP contribution in [0.15, 0.2) is 35.3 Å². The Morgan fingerprint density at radius 1 is 1.32 bits per heavy atom. The lowest BCUT2D eigenvalue weighted by molar-refractivity contribution is 0.0953. The van der Waals surface area contributed by atoms with Crippen LogP contribution in [0, 0.1) is 6.92 Å². The molecule has 3 aromatic rings. The molecule has 0 fully saturated rings. The van der Waals surface area contributed by atoms with E-state index in [1.807, 2.05) is 19.1 Å². The molecule has 1 aromatic carbocycles. The van der Waals surface area contributed by atoms with Crippen molar-refractivity contribution in [3.63, 3.8) is 0 Å². The van der Waals surface area contributed by atoms with Crippen LogP contribution in [0.3, 0.4) is 0 Å². The van der Waals surface area contributed by atoms with Gasteiger partial charge in [0.15, 0.2) is 0 Å². The number of aromatic amines is 1. The number of aryl methyl sites for hydroxylation is 1. The van der Waals surface area contributed by atoms with Crippen LogP contribution in [0.2, 0.25) is 0 Å². The lowest BCUT2D eigenvalue weighted by Crippen LogP contribution is -2.31. The molecule has 7 heteroatoms. The fourth-order valence-corrected chi connectivity index (χ4v) is 2.72. The van der Waals surface area contributed by atoms with Crippen molar-refractivity contribution in [2.24, 2.45) is 0 Å². The van der Waals surface area contributed by atoms with E-state index in [0.29, 0.717) is 29.0 Å². The number of nitrogens with two attached hydrogens (primary N) is 1. The number of carbonyl (C=O) groups is 1. The standard InChI is InChI=1S/C18H19N5O2/c1-3-8-21-17(24)14-15(19)12-6-4-5-11(16(12)23-18(14)25)13-7-9-20-10(2)22-13/h4-7,9H,3,8H2,1-2H3,(H,21,24)(H3,19,23,25). The van der Waals surface area contributed by atoms with Gasteiger partial charge in [0.25, 0.3) is 11.5 Å². The van der Waals surface area contributed by atoms with Gasteiger partial charge >= 0.3 is 0 Å². The van der Waals surface area contributed by atoms with Gasteiger partial charge in [-0.05, 0) is 19.4 Å². The molecule has 0 radical (unpaired) electrons. The highest BCUT2D eigenvalue weighted by Crippen LogP contribution is 2.29. The number of nitrogens with zero attached hydrogens (tertiary/aromatic N) is 2. The Labute approximate surface area is 144 Å². The topological polar surface area (TPSA) is 114 Å². The number of carbonyl (C=O) groups excluding carboxylic acids is 1. The van der Waals surface area contributed by atoms with E-state index < -0.39 is 11.5 Å². The van der Waals surface area contributed by atoms with E-state index in [2.05, 4.69) is 20.3 Å². The Bertz CT molecular complexity index is 1010. The van der Waals surface area contributed by atoms with Crippen LogP contribution in [-0.2, 0) is 0 Å². The molecular weight excluding hydrogens is 318 g/mol. The molecule has 0 aliphatic heterocycles.